The summed E-state index contributed by atoms with van der Waals surface area (Å²) >= 11 is 6.15. The number of amides is 1. The molecular weight excluding hydrogens is 360 g/mol. The molecule has 0 atom stereocenters. The smallest absolute Gasteiger partial charge is 0.240 e. The van der Waals surface area contributed by atoms with E-state index in [9.17, 15) is 4.79 Å². The first kappa shape index (κ1) is 17.9. The number of hydrogen-bond acceptors (Lipinski definition) is 3. The van der Waals surface area contributed by atoms with Gasteiger partial charge in [-0.05, 0) is 49.1 Å². The van der Waals surface area contributed by atoms with E-state index in [0.29, 0.717) is 11.6 Å². The van der Waals surface area contributed by atoms with Gasteiger partial charge in [-0.15, -0.1) is 0 Å². The van der Waals surface area contributed by atoms with Crippen LogP contribution < -0.4 is 10.2 Å². The van der Waals surface area contributed by atoms with Crippen LogP contribution in [-0.4, -0.2) is 28.5 Å². The normalized spacial score (nSPS) is 14.5. The Hall–Kier alpha value is -2.53. The summed E-state index contributed by atoms with van der Waals surface area (Å²) in [4.78, 5) is 19.6. The van der Waals surface area contributed by atoms with Crippen LogP contribution in [0.5, 0.6) is 0 Å². The summed E-state index contributed by atoms with van der Waals surface area (Å²) in [7, 11) is 0. The molecule has 0 saturated carbocycles. The molecule has 3 heterocycles. The summed E-state index contributed by atoms with van der Waals surface area (Å²) in [5, 5.41) is 4.65. The van der Waals surface area contributed by atoms with Gasteiger partial charge in [-0.2, -0.15) is 0 Å². The van der Waals surface area contributed by atoms with Crippen LogP contribution in [0.3, 0.4) is 0 Å². The molecule has 1 amide bonds. The molecular formula is C21H23ClN4O. The number of fused-ring (bicyclic) bond motifs is 1. The minimum Gasteiger partial charge on any atom is -0.357 e. The van der Waals surface area contributed by atoms with Crippen molar-refractivity contribution in [2.75, 3.05) is 18.0 Å². The molecule has 1 aliphatic rings. The van der Waals surface area contributed by atoms with Crippen molar-refractivity contribution in [3.05, 3.63) is 59.2 Å². The van der Waals surface area contributed by atoms with Gasteiger partial charge in [0.05, 0.1) is 0 Å². The highest BCUT2D eigenvalue weighted by Crippen LogP contribution is 2.22. The molecule has 4 rings (SSSR count). The number of nitrogens with zero attached hydrogens (tertiary/aromatic N) is 3. The third-order valence-electron chi connectivity index (χ3n) is 5.02. The van der Waals surface area contributed by atoms with Crippen LogP contribution in [0.4, 0.5) is 5.82 Å². The van der Waals surface area contributed by atoms with Gasteiger partial charge in [-0.3, -0.25) is 4.79 Å². The molecule has 140 valence electrons. The lowest BCUT2D eigenvalue weighted by Gasteiger charge is -2.27. The van der Waals surface area contributed by atoms with Crippen molar-refractivity contribution >= 4 is 34.4 Å². The quantitative estimate of drug-likeness (QED) is 0.725. The lowest BCUT2D eigenvalue weighted by Crippen LogP contribution is -2.30. The number of pyridine rings is 1. The van der Waals surface area contributed by atoms with Gasteiger partial charge in [0.15, 0.2) is 0 Å². The van der Waals surface area contributed by atoms with E-state index in [4.69, 9.17) is 16.6 Å². The number of hydrogen-bond donors (Lipinski definition) is 1. The maximum Gasteiger partial charge on any atom is 0.240 e. The van der Waals surface area contributed by atoms with Gasteiger partial charge in [-0.1, -0.05) is 29.8 Å². The van der Waals surface area contributed by atoms with Crippen molar-refractivity contribution in [3.8, 4) is 0 Å². The molecule has 0 unspecified atom stereocenters. The molecule has 0 radical (unpaired) electrons. The summed E-state index contributed by atoms with van der Waals surface area (Å²) < 4.78 is 1.91. The fraction of sp³-hybridized carbons (Fsp3) is 0.333. The molecule has 0 aliphatic carbocycles. The van der Waals surface area contributed by atoms with Crippen molar-refractivity contribution in [2.24, 2.45) is 0 Å². The van der Waals surface area contributed by atoms with Gasteiger partial charge >= 0.3 is 0 Å². The number of rotatable bonds is 5. The summed E-state index contributed by atoms with van der Waals surface area (Å²) in [6.07, 6.45) is 5.64. The number of carbonyl (C=O) groups excluding carboxylic acids is 1. The van der Waals surface area contributed by atoms with E-state index in [1.165, 1.54) is 19.3 Å². The monoisotopic (exact) mass is 382 g/mol. The van der Waals surface area contributed by atoms with Crippen molar-refractivity contribution in [1.29, 1.82) is 0 Å². The summed E-state index contributed by atoms with van der Waals surface area (Å²) in [5.74, 6) is 0.941. The Kier molecular flexibility index (Phi) is 5.30. The first-order valence-electron chi connectivity index (χ1n) is 9.42. The molecule has 27 heavy (non-hydrogen) atoms. The highest BCUT2D eigenvalue weighted by molar-refractivity contribution is 6.31. The van der Waals surface area contributed by atoms with Crippen LogP contribution in [-0.2, 0) is 17.9 Å². The van der Waals surface area contributed by atoms with Crippen molar-refractivity contribution < 1.29 is 4.79 Å². The number of aromatic nitrogens is 2. The Morgan fingerprint density at radius 3 is 2.70 bits per heavy atom. The molecule has 1 aliphatic heterocycles. The van der Waals surface area contributed by atoms with Gasteiger partial charge in [0.1, 0.15) is 18.0 Å². The fourth-order valence-electron chi connectivity index (χ4n) is 3.52. The Morgan fingerprint density at radius 1 is 1.07 bits per heavy atom. The fourth-order valence-corrected chi connectivity index (χ4v) is 3.73. The highest BCUT2D eigenvalue weighted by atomic mass is 35.5. The van der Waals surface area contributed by atoms with Crippen LogP contribution in [0.25, 0.3) is 11.0 Å². The number of nitrogens with one attached hydrogen (secondary N) is 1. The minimum absolute atomic E-state index is 0.0578. The maximum atomic E-state index is 12.4. The highest BCUT2D eigenvalue weighted by Gasteiger charge is 2.14. The molecule has 1 aromatic carbocycles. The van der Waals surface area contributed by atoms with E-state index in [2.05, 4.69) is 22.3 Å². The van der Waals surface area contributed by atoms with Gasteiger partial charge in [0.2, 0.25) is 5.91 Å². The van der Waals surface area contributed by atoms with E-state index in [-0.39, 0.29) is 12.5 Å². The predicted molar refractivity (Wildman–Crippen MR) is 109 cm³/mol. The molecule has 0 spiro atoms. The zero-order valence-corrected chi connectivity index (χ0v) is 16.0. The number of carbonyl (C=O) groups is 1. The van der Waals surface area contributed by atoms with Crippen LogP contribution in [0, 0.1) is 0 Å². The summed E-state index contributed by atoms with van der Waals surface area (Å²) in [5.41, 5.74) is 1.77. The van der Waals surface area contributed by atoms with E-state index in [1.807, 2.05) is 41.1 Å². The Balaban J connectivity index is 1.46. The summed E-state index contributed by atoms with van der Waals surface area (Å²) in [6, 6.07) is 13.7. The van der Waals surface area contributed by atoms with E-state index in [0.717, 1.165) is 35.5 Å². The third-order valence-corrected chi connectivity index (χ3v) is 5.39. The molecule has 5 nitrogen and oxygen atoms in total. The zero-order chi connectivity index (χ0) is 18.6. The lowest BCUT2D eigenvalue weighted by molar-refractivity contribution is -0.121. The number of piperidine rings is 1. The second-order valence-corrected chi connectivity index (χ2v) is 7.35. The second-order valence-electron chi connectivity index (χ2n) is 6.94. The van der Waals surface area contributed by atoms with Crippen LogP contribution >= 0.6 is 11.6 Å². The van der Waals surface area contributed by atoms with Gasteiger partial charge in [0, 0.05) is 36.2 Å². The lowest BCUT2D eigenvalue weighted by atomic mass is 10.1. The van der Waals surface area contributed by atoms with Crippen LogP contribution in [0.1, 0.15) is 24.8 Å². The Bertz CT molecular complexity index is 946. The molecule has 1 N–H and O–H groups in total. The van der Waals surface area contributed by atoms with Gasteiger partial charge < -0.3 is 14.8 Å². The Labute approximate surface area is 163 Å². The SMILES string of the molecule is O=C(Cn1ccc2ccc(N3CCCCC3)nc21)NCc1ccccc1Cl. The standard InChI is InChI=1S/C21H23ClN4O/c22-18-7-3-2-6-17(18)14-23-20(27)15-26-13-10-16-8-9-19(24-21(16)26)25-11-4-1-5-12-25/h2-3,6-10,13H,1,4-5,11-12,14-15H2,(H,23,27). The number of anilines is 1. The Morgan fingerprint density at radius 2 is 1.89 bits per heavy atom. The molecule has 2 aromatic heterocycles. The van der Waals surface area contributed by atoms with Crippen molar-refractivity contribution in [1.82, 2.24) is 14.9 Å². The van der Waals surface area contributed by atoms with E-state index >= 15 is 0 Å². The largest absolute Gasteiger partial charge is 0.357 e. The van der Waals surface area contributed by atoms with E-state index < -0.39 is 0 Å². The number of benzene rings is 1. The van der Waals surface area contributed by atoms with E-state index in [1.54, 1.807) is 0 Å². The van der Waals surface area contributed by atoms with Crippen molar-refractivity contribution in [2.45, 2.75) is 32.4 Å². The summed E-state index contributed by atoms with van der Waals surface area (Å²) in [6.45, 7) is 2.77. The minimum atomic E-state index is -0.0578. The van der Waals surface area contributed by atoms with Gasteiger partial charge in [0.25, 0.3) is 0 Å². The average molecular weight is 383 g/mol. The molecule has 1 saturated heterocycles. The van der Waals surface area contributed by atoms with Gasteiger partial charge in [-0.25, -0.2) is 4.98 Å². The zero-order valence-electron chi connectivity index (χ0n) is 15.2. The maximum absolute atomic E-state index is 12.4. The van der Waals surface area contributed by atoms with Crippen LogP contribution in [0.2, 0.25) is 5.02 Å². The topological polar surface area (TPSA) is 50.2 Å². The van der Waals surface area contributed by atoms with Crippen LogP contribution in [0.15, 0.2) is 48.7 Å². The molecule has 6 heteroatoms. The molecule has 0 bridgehead atoms. The first-order valence-corrected chi connectivity index (χ1v) is 9.79. The third kappa shape index (κ3) is 4.08. The average Bonchev–Trinajstić information content (AvgIpc) is 3.10. The molecule has 3 aromatic rings. The first-order chi connectivity index (χ1) is 13.2. The number of halogens is 1. The predicted octanol–water partition coefficient (Wildman–Crippen LogP) is 4.00. The van der Waals surface area contributed by atoms with Crippen molar-refractivity contribution in [3.63, 3.8) is 0 Å². The molecule has 1 fully saturated rings. The second kappa shape index (κ2) is 8.01.